The highest BCUT2D eigenvalue weighted by Crippen LogP contribution is 2.17. The fourth-order valence-electron chi connectivity index (χ4n) is 2.95. The number of hydrogen-bond acceptors (Lipinski definition) is 7. The summed E-state index contributed by atoms with van der Waals surface area (Å²) in [5.41, 5.74) is 0.0961. The second-order valence-electron chi connectivity index (χ2n) is 7.28. The molecule has 10 nitrogen and oxygen atoms in total. The van der Waals surface area contributed by atoms with Crippen LogP contribution in [-0.4, -0.2) is 48.7 Å². The summed E-state index contributed by atoms with van der Waals surface area (Å²) in [5, 5.41) is 14.2. The lowest BCUT2D eigenvalue weighted by molar-refractivity contribution is -0.620. The Morgan fingerprint density at radius 3 is 2.50 bits per heavy atom. The van der Waals surface area contributed by atoms with Crippen LogP contribution in [0.4, 0.5) is 0 Å². The van der Waals surface area contributed by atoms with Crippen LogP contribution >= 0.6 is 0 Å². The lowest BCUT2D eigenvalue weighted by Gasteiger charge is -2.21. The molecule has 1 atom stereocenters. The van der Waals surface area contributed by atoms with Gasteiger partial charge in [-0.25, -0.2) is 17.9 Å². The number of carbonyl (C=O) groups is 2. The number of amides is 1. The molecule has 0 spiro atoms. The fourth-order valence-corrected chi connectivity index (χ4v) is 4.45. The van der Waals surface area contributed by atoms with E-state index in [0.717, 1.165) is 0 Å². The quantitative estimate of drug-likeness (QED) is 0.318. The Kier molecular flexibility index (Phi) is 8.67. The maximum absolute atomic E-state index is 12.8. The highest BCUT2D eigenvalue weighted by Gasteiger charge is 2.28. The van der Waals surface area contributed by atoms with Crippen molar-refractivity contribution in [3.63, 3.8) is 0 Å². The fraction of sp³-hybridized carbons (Fsp3) is 0.429. The van der Waals surface area contributed by atoms with Crippen molar-refractivity contribution in [2.45, 2.75) is 45.2 Å². The van der Waals surface area contributed by atoms with Crippen LogP contribution < -0.4 is 10.0 Å². The minimum Gasteiger partial charge on any atom is -0.711 e. The number of benzene rings is 1. The van der Waals surface area contributed by atoms with Crippen LogP contribution in [0.25, 0.3) is 0 Å². The van der Waals surface area contributed by atoms with Gasteiger partial charge in [0.05, 0.1) is 11.1 Å². The van der Waals surface area contributed by atoms with Crippen molar-refractivity contribution in [3.05, 3.63) is 59.3 Å². The van der Waals surface area contributed by atoms with Crippen molar-refractivity contribution in [1.29, 1.82) is 0 Å². The standard InChI is InChI=1S/C21H28N4O6S/c1-5-24(6-2)32(29,30)17-10-7-9-16(13-17)20(26)23-19(15(3)4)21(27)31-14-18-22-11-8-12-25(18)28/h7-13,15,19H,5-6,14H2,1-4H3,(H,23,26)/t19-/m0/s1. The smallest absolute Gasteiger partial charge is 0.339 e. The molecule has 0 fully saturated rings. The van der Waals surface area contributed by atoms with E-state index in [9.17, 15) is 23.2 Å². The van der Waals surface area contributed by atoms with E-state index in [1.54, 1.807) is 27.7 Å². The zero-order chi connectivity index (χ0) is 23.9. The molecule has 32 heavy (non-hydrogen) atoms. The Hall–Kier alpha value is -3.05. The average Bonchev–Trinajstić information content (AvgIpc) is 2.77. The van der Waals surface area contributed by atoms with Crippen molar-refractivity contribution < 1.29 is 27.5 Å². The van der Waals surface area contributed by atoms with Gasteiger partial charge in [-0.1, -0.05) is 33.8 Å². The average molecular weight is 465 g/mol. The number of rotatable bonds is 10. The van der Waals surface area contributed by atoms with Crippen molar-refractivity contribution in [3.8, 4) is 0 Å². The second-order valence-corrected chi connectivity index (χ2v) is 9.22. The van der Waals surface area contributed by atoms with E-state index in [2.05, 4.69) is 10.3 Å². The molecule has 2 rings (SSSR count). The topological polar surface area (TPSA) is 133 Å². The molecule has 0 aliphatic carbocycles. The van der Waals surface area contributed by atoms with Crippen molar-refractivity contribution in [1.82, 2.24) is 14.6 Å². The number of ether oxygens (including phenoxy) is 1. The largest absolute Gasteiger partial charge is 0.711 e. The number of carbonyl (C=O) groups excluding carboxylic acids is 2. The lowest BCUT2D eigenvalue weighted by Crippen LogP contribution is -2.45. The normalized spacial score (nSPS) is 12.6. The molecule has 0 saturated carbocycles. The molecule has 0 bridgehead atoms. The number of aromatic nitrogens is 2. The van der Waals surface area contributed by atoms with Gasteiger partial charge < -0.3 is 15.3 Å². The summed E-state index contributed by atoms with van der Waals surface area (Å²) in [6, 6.07) is 6.08. The molecule has 1 heterocycles. The maximum Gasteiger partial charge on any atom is 0.339 e. The van der Waals surface area contributed by atoms with Crippen LogP contribution in [0.2, 0.25) is 0 Å². The van der Waals surface area contributed by atoms with Crippen LogP contribution in [0.3, 0.4) is 0 Å². The molecule has 0 saturated heterocycles. The Balaban J connectivity index is 2.16. The lowest BCUT2D eigenvalue weighted by atomic mass is 10.0. The molecule has 1 aromatic carbocycles. The number of hydrogen-bond donors (Lipinski definition) is 1. The second kappa shape index (κ2) is 11.0. The van der Waals surface area contributed by atoms with Gasteiger partial charge in [0, 0.05) is 24.7 Å². The van der Waals surface area contributed by atoms with Gasteiger partial charge in [-0.2, -0.15) is 4.31 Å². The van der Waals surface area contributed by atoms with Crippen LogP contribution in [-0.2, 0) is 26.2 Å². The van der Waals surface area contributed by atoms with Gasteiger partial charge in [0.15, 0.2) is 6.61 Å². The summed E-state index contributed by atoms with van der Waals surface area (Å²) in [7, 11) is -3.74. The van der Waals surface area contributed by atoms with Gasteiger partial charge in [-0.05, 0) is 29.1 Å². The third-order valence-corrected chi connectivity index (χ3v) is 6.82. The van der Waals surface area contributed by atoms with E-state index in [-0.39, 0.29) is 28.8 Å². The predicted octanol–water partition coefficient (Wildman–Crippen LogP) is 1.24. The summed E-state index contributed by atoms with van der Waals surface area (Å²) >= 11 is 0. The molecule has 1 aromatic heterocycles. The van der Waals surface area contributed by atoms with Gasteiger partial charge in [-0.3, -0.25) is 4.79 Å². The van der Waals surface area contributed by atoms with Gasteiger partial charge in [0.1, 0.15) is 12.2 Å². The van der Waals surface area contributed by atoms with Crippen LogP contribution in [0.5, 0.6) is 0 Å². The molecule has 2 aromatic rings. The molecule has 1 amide bonds. The zero-order valence-electron chi connectivity index (χ0n) is 18.5. The van der Waals surface area contributed by atoms with E-state index in [1.807, 2.05) is 0 Å². The van der Waals surface area contributed by atoms with E-state index in [4.69, 9.17) is 4.74 Å². The van der Waals surface area contributed by atoms with E-state index < -0.39 is 27.9 Å². The van der Waals surface area contributed by atoms with Crippen molar-refractivity contribution in [2.24, 2.45) is 5.92 Å². The Bertz CT molecular complexity index is 1050. The number of nitrogens with zero attached hydrogens (tertiary/aromatic N) is 3. The van der Waals surface area contributed by atoms with Gasteiger partial charge in [0.2, 0.25) is 10.0 Å². The van der Waals surface area contributed by atoms with E-state index >= 15 is 0 Å². The highest BCUT2D eigenvalue weighted by atomic mass is 32.2. The molecule has 174 valence electrons. The first-order chi connectivity index (χ1) is 15.1. The minimum atomic E-state index is -3.74. The van der Waals surface area contributed by atoms with Crippen molar-refractivity contribution in [2.75, 3.05) is 13.1 Å². The third kappa shape index (κ3) is 6.01. The number of nitrogens with one attached hydrogen (secondary N) is 1. The summed E-state index contributed by atoms with van der Waals surface area (Å²) in [5.74, 6) is -1.67. The predicted molar refractivity (Wildman–Crippen MR) is 116 cm³/mol. The monoisotopic (exact) mass is 464 g/mol. The summed E-state index contributed by atoms with van der Waals surface area (Å²) in [4.78, 5) is 29.2. The van der Waals surface area contributed by atoms with Gasteiger partial charge in [0.25, 0.3) is 5.91 Å². The maximum atomic E-state index is 12.8. The number of sulfonamides is 1. The molecular formula is C21H28N4O6S. The summed E-state index contributed by atoms with van der Waals surface area (Å²) in [6.45, 7) is 7.17. The SMILES string of the molecule is CCN(CC)S(=O)(=O)c1cccc(C(=O)N[C@H](C(=O)OCc2nccc[n+]2[O-])C(C)C)c1. The summed E-state index contributed by atoms with van der Waals surface area (Å²) in [6.07, 6.45) is 2.63. The first-order valence-corrected chi connectivity index (χ1v) is 11.7. The third-order valence-electron chi connectivity index (χ3n) is 4.78. The van der Waals surface area contributed by atoms with Crippen LogP contribution in [0.1, 0.15) is 43.9 Å². The van der Waals surface area contributed by atoms with E-state index in [0.29, 0.717) is 17.8 Å². The molecule has 11 heteroatoms. The first-order valence-electron chi connectivity index (χ1n) is 10.2. The minimum absolute atomic E-state index is 0.00370. The zero-order valence-corrected chi connectivity index (χ0v) is 19.3. The first kappa shape index (κ1) is 25.2. The van der Waals surface area contributed by atoms with E-state index in [1.165, 1.54) is 47.0 Å². The molecule has 0 aliphatic heterocycles. The molecule has 1 N–H and O–H groups in total. The Labute approximate surface area is 187 Å². The summed E-state index contributed by atoms with van der Waals surface area (Å²) < 4.78 is 32.4. The Morgan fingerprint density at radius 1 is 1.22 bits per heavy atom. The van der Waals surface area contributed by atoms with Gasteiger partial charge >= 0.3 is 11.8 Å². The molecule has 0 aliphatic rings. The molecular weight excluding hydrogens is 436 g/mol. The highest BCUT2D eigenvalue weighted by molar-refractivity contribution is 7.89. The van der Waals surface area contributed by atoms with Gasteiger partial charge in [-0.15, -0.1) is 0 Å². The van der Waals surface area contributed by atoms with Crippen LogP contribution in [0, 0.1) is 11.1 Å². The van der Waals surface area contributed by atoms with Crippen molar-refractivity contribution >= 4 is 21.9 Å². The Morgan fingerprint density at radius 2 is 1.91 bits per heavy atom. The molecule has 0 radical (unpaired) electrons. The molecule has 0 unspecified atom stereocenters. The number of esters is 1. The van der Waals surface area contributed by atoms with Crippen LogP contribution in [0.15, 0.2) is 47.6 Å².